The van der Waals surface area contributed by atoms with E-state index in [4.69, 9.17) is 14.2 Å². The van der Waals surface area contributed by atoms with Gasteiger partial charge in [-0.25, -0.2) is 4.99 Å². The Morgan fingerprint density at radius 2 is 1.84 bits per heavy atom. The standard InChI is InChI=1S/C21H34N6O3.HI/c1-6-30-13-7-11-22-21(24-15-20-26-25-16(2)27(20)3)23-12-10-17-8-9-18(28-4)19(14-17)29-5;/h8-9,14H,6-7,10-13,15H2,1-5H3,(H2,22,23,24);1H. The van der Waals surface area contributed by atoms with Gasteiger partial charge in [0.05, 0.1) is 14.2 Å². The SMILES string of the molecule is CCOCCCNC(=NCc1nnc(C)n1C)NCCc1ccc(OC)c(OC)c1.I. The van der Waals surface area contributed by atoms with Crippen LogP contribution in [0.3, 0.4) is 0 Å². The van der Waals surface area contributed by atoms with Gasteiger partial charge >= 0.3 is 0 Å². The van der Waals surface area contributed by atoms with Gasteiger partial charge in [0.1, 0.15) is 12.4 Å². The highest BCUT2D eigenvalue weighted by Crippen LogP contribution is 2.27. The van der Waals surface area contributed by atoms with Gasteiger partial charge in [-0.15, -0.1) is 34.2 Å². The highest BCUT2D eigenvalue weighted by atomic mass is 127. The number of hydrogen-bond donors (Lipinski definition) is 2. The second kappa shape index (κ2) is 14.8. The molecule has 0 aliphatic heterocycles. The second-order valence-corrected chi connectivity index (χ2v) is 6.73. The molecule has 174 valence electrons. The molecule has 2 rings (SSSR count). The number of hydrogen-bond acceptors (Lipinski definition) is 6. The lowest BCUT2D eigenvalue weighted by Crippen LogP contribution is -2.39. The van der Waals surface area contributed by atoms with Gasteiger partial charge in [-0.05, 0) is 44.4 Å². The topological polar surface area (TPSA) is 94.8 Å². The Hall–Kier alpha value is -2.08. The van der Waals surface area contributed by atoms with Crippen molar-refractivity contribution in [3.8, 4) is 11.5 Å². The predicted molar refractivity (Wildman–Crippen MR) is 133 cm³/mol. The lowest BCUT2D eigenvalue weighted by Gasteiger charge is -2.14. The number of ether oxygens (including phenoxy) is 3. The van der Waals surface area contributed by atoms with Crippen molar-refractivity contribution < 1.29 is 14.2 Å². The Labute approximate surface area is 202 Å². The molecule has 0 atom stereocenters. The molecule has 1 aromatic carbocycles. The van der Waals surface area contributed by atoms with Crippen molar-refractivity contribution in [2.24, 2.45) is 12.0 Å². The van der Waals surface area contributed by atoms with Crippen molar-refractivity contribution in [2.75, 3.05) is 40.5 Å². The zero-order chi connectivity index (χ0) is 21.8. The number of aryl methyl sites for hydroxylation is 1. The summed E-state index contributed by atoms with van der Waals surface area (Å²) in [5.74, 6) is 3.89. The second-order valence-electron chi connectivity index (χ2n) is 6.73. The van der Waals surface area contributed by atoms with Gasteiger partial charge in [0, 0.05) is 33.4 Å². The zero-order valence-corrected chi connectivity index (χ0v) is 21.4. The van der Waals surface area contributed by atoms with Crippen LogP contribution in [0.2, 0.25) is 0 Å². The maximum atomic E-state index is 5.40. The number of nitrogens with one attached hydrogen (secondary N) is 2. The molecule has 1 heterocycles. The normalized spacial score (nSPS) is 11.1. The molecule has 0 fully saturated rings. The van der Waals surface area contributed by atoms with Crippen molar-refractivity contribution >= 4 is 29.9 Å². The third-order valence-corrected chi connectivity index (χ3v) is 4.68. The number of guanidine groups is 1. The summed E-state index contributed by atoms with van der Waals surface area (Å²) in [4.78, 5) is 4.66. The van der Waals surface area contributed by atoms with Gasteiger partial charge in [0.25, 0.3) is 0 Å². The average molecular weight is 546 g/mol. The molecule has 1 aromatic heterocycles. The van der Waals surface area contributed by atoms with Crippen molar-refractivity contribution in [3.63, 3.8) is 0 Å². The zero-order valence-electron chi connectivity index (χ0n) is 19.1. The molecule has 10 heteroatoms. The summed E-state index contributed by atoms with van der Waals surface area (Å²) in [6, 6.07) is 5.96. The summed E-state index contributed by atoms with van der Waals surface area (Å²) in [7, 11) is 5.22. The van der Waals surface area contributed by atoms with Crippen LogP contribution in [0.25, 0.3) is 0 Å². The van der Waals surface area contributed by atoms with E-state index in [-0.39, 0.29) is 24.0 Å². The van der Waals surface area contributed by atoms with E-state index < -0.39 is 0 Å². The fraction of sp³-hybridized carbons (Fsp3) is 0.571. The molecule has 0 aliphatic rings. The van der Waals surface area contributed by atoms with Crippen LogP contribution in [-0.4, -0.2) is 61.2 Å². The predicted octanol–water partition coefficient (Wildman–Crippen LogP) is 2.46. The number of methoxy groups -OCH3 is 2. The van der Waals surface area contributed by atoms with Gasteiger partial charge in [-0.3, -0.25) is 0 Å². The largest absolute Gasteiger partial charge is 0.493 e. The number of aromatic nitrogens is 3. The van der Waals surface area contributed by atoms with E-state index in [9.17, 15) is 0 Å². The molecular formula is C21H35IN6O3. The molecular weight excluding hydrogens is 511 g/mol. The molecule has 0 unspecified atom stereocenters. The average Bonchev–Trinajstić information content (AvgIpc) is 3.08. The van der Waals surface area contributed by atoms with E-state index in [0.29, 0.717) is 6.54 Å². The minimum absolute atomic E-state index is 0. The lowest BCUT2D eigenvalue weighted by atomic mass is 10.1. The van der Waals surface area contributed by atoms with Crippen LogP contribution < -0.4 is 20.1 Å². The summed E-state index contributed by atoms with van der Waals surface area (Å²) in [5, 5.41) is 15.0. The quantitative estimate of drug-likeness (QED) is 0.183. The molecule has 2 N–H and O–H groups in total. The molecule has 2 aromatic rings. The first-order valence-corrected chi connectivity index (χ1v) is 10.2. The van der Waals surface area contributed by atoms with E-state index in [1.54, 1.807) is 14.2 Å². The van der Waals surface area contributed by atoms with Crippen LogP contribution in [0, 0.1) is 6.92 Å². The van der Waals surface area contributed by atoms with Crippen molar-refractivity contribution in [2.45, 2.75) is 33.2 Å². The Morgan fingerprint density at radius 3 is 2.48 bits per heavy atom. The van der Waals surface area contributed by atoms with E-state index >= 15 is 0 Å². The van der Waals surface area contributed by atoms with Crippen LogP contribution in [-0.2, 0) is 24.8 Å². The fourth-order valence-corrected chi connectivity index (χ4v) is 2.80. The molecule has 0 saturated heterocycles. The van der Waals surface area contributed by atoms with E-state index in [2.05, 4.69) is 25.8 Å². The van der Waals surface area contributed by atoms with E-state index in [0.717, 1.165) is 73.8 Å². The number of aliphatic imine (C=N–C) groups is 1. The van der Waals surface area contributed by atoms with Gasteiger partial charge in [-0.1, -0.05) is 6.07 Å². The lowest BCUT2D eigenvalue weighted by molar-refractivity contribution is 0.145. The van der Waals surface area contributed by atoms with Crippen LogP contribution in [0.5, 0.6) is 11.5 Å². The van der Waals surface area contributed by atoms with E-state index in [1.165, 1.54) is 0 Å². The maximum absolute atomic E-state index is 5.40. The first-order chi connectivity index (χ1) is 14.6. The number of nitrogens with zero attached hydrogens (tertiary/aromatic N) is 4. The van der Waals surface area contributed by atoms with Gasteiger partial charge in [-0.2, -0.15) is 0 Å². The van der Waals surface area contributed by atoms with Crippen molar-refractivity contribution in [1.29, 1.82) is 0 Å². The molecule has 0 saturated carbocycles. The van der Waals surface area contributed by atoms with Gasteiger partial charge < -0.3 is 29.4 Å². The minimum atomic E-state index is 0. The van der Waals surface area contributed by atoms with Crippen molar-refractivity contribution in [1.82, 2.24) is 25.4 Å². The van der Waals surface area contributed by atoms with Crippen LogP contribution in [0.1, 0.15) is 30.6 Å². The Morgan fingerprint density at radius 1 is 1.10 bits per heavy atom. The third-order valence-electron chi connectivity index (χ3n) is 4.68. The summed E-state index contributed by atoms with van der Waals surface area (Å²) >= 11 is 0. The molecule has 0 amide bonds. The number of halogens is 1. The monoisotopic (exact) mass is 546 g/mol. The summed E-state index contributed by atoms with van der Waals surface area (Å²) in [6.07, 6.45) is 1.73. The number of benzene rings is 1. The summed E-state index contributed by atoms with van der Waals surface area (Å²) in [6.45, 7) is 7.34. The Kier molecular flexibility index (Phi) is 12.9. The highest BCUT2D eigenvalue weighted by molar-refractivity contribution is 14.0. The molecule has 0 spiro atoms. The van der Waals surface area contributed by atoms with Crippen LogP contribution in [0.15, 0.2) is 23.2 Å². The smallest absolute Gasteiger partial charge is 0.191 e. The molecule has 0 aliphatic carbocycles. The third kappa shape index (κ3) is 8.90. The van der Waals surface area contributed by atoms with Crippen molar-refractivity contribution in [3.05, 3.63) is 35.4 Å². The highest BCUT2D eigenvalue weighted by Gasteiger charge is 2.07. The minimum Gasteiger partial charge on any atom is -0.493 e. The molecule has 0 bridgehead atoms. The first-order valence-electron chi connectivity index (χ1n) is 10.2. The van der Waals surface area contributed by atoms with Gasteiger partial charge in [0.15, 0.2) is 23.3 Å². The Bertz CT molecular complexity index is 812. The first kappa shape index (κ1) is 27.0. The fourth-order valence-electron chi connectivity index (χ4n) is 2.80. The summed E-state index contributed by atoms with van der Waals surface area (Å²) < 4.78 is 18.0. The molecule has 31 heavy (non-hydrogen) atoms. The molecule has 0 radical (unpaired) electrons. The number of rotatable bonds is 12. The molecule has 9 nitrogen and oxygen atoms in total. The van der Waals surface area contributed by atoms with Gasteiger partial charge in [0.2, 0.25) is 0 Å². The Balaban J connectivity index is 0.00000480. The summed E-state index contributed by atoms with van der Waals surface area (Å²) in [5.41, 5.74) is 1.15. The van der Waals surface area contributed by atoms with Crippen LogP contribution >= 0.6 is 24.0 Å². The van der Waals surface area contributed by atoms with Crippen LogP contribution in [0.4, 0.5) is 0 Å². The maximum Gasteiger partial charge on any atom is 0.191 e. The van der Waals surface area contributed by atoms with E-state index in [1.807, 2.05) is 43.7 Å².